The average Bonchev–Trinajstić information content (AvgIpc) is 2.75. The normalized spacial score (nSPS) is 23.2. The highest BCUT2D eigenvalue weighted by molar-refractivity contribution is 4.97. The van der Waals surface area contributed by atoms with Crippen molar-refractivity contribution in [2.75, 3.05) is 40.3 Å². The molecule has 1 aromatic heterocycles. The molecule has 1 unspecified atom stereocenters. The van der Waals surface area contributed by atoms with E-state index in [0.29, 0.717) is 12.4 Å². The zero-order chi connectivity index (χ0) is 13.0. The van der Waals surface area contributed by atoms with Gasteiger partial charge in [0.05, 0.1) is 12.6 Å². The van der Waals surface area contributed by atoms with Gasteiger partial charge in [0.1, 0.15) is 0 Å². The molecule has 1 saturated heterocycles. The third-order valence-electron chi connectivity index (χ3n) is 3.38. The lowest BCUT2D eigenvalue weighted by Gasteiger charge is -2.24. The van der Waals surface area contributed by atoms with E-state index in [4.69, 9.17) is 4.52 Å². The van der Waals surface area contributed by atoms with Crippen molar-refractivity contribution >= 4 is 0 Å². The van der Waals surface area contributed by atoms with Crippen LogP contribution in [-0.4, -0.2) is 60.2 Å². The first-order valence-electron chi connectivity index (χ1n) is 6.62. The van der Waals surface area contributed by atoms with Crippen LogP contribution in [0.25, 0.3) is 0 Å². The van der Waals surface area contributed by atoms with Gasteiger partial charge < -0.3 is 14.7 Å². The van der Waals surface area contributed by atoms with Crippen LogP contribution in [0.3, 0.4) is 0 Å². The predicted molar refractivity (Wildman–Crippen MR) is 69.2 cm³/mol. The number of nitrogens with one attached hydrogen (secondary N) is 1. The van der Waals surface area contributed by atoms with Crippen LogP contribution in [0.4, 0.5) is 0 Å². The lowest BCUT2D eigenvalue weighted by Crippen LogP contribution is -2.31. The molecule has 1 fully saturated rings. The number of aromatic nitrogens is 2. The SMILES string of the molecule is CCNCc1nc(C2CN(C)CCCN2C)no1. The van der Waals surface area contributed by atoms with E-state index in [-0.39, 0.29) is 6.04 Å². The van der Waals surface area contributed by atoms with Gasteiger partial charge in [-0.05, 0) is 40.2 Å². The molecule has 1 aliphatic rings. The summed E-state index contributed by atoms with van der Waals surface area (Å²) in [6.45, 7) is 6.77. The van der Waals surface area contributed by atoms with Gasteiger partial charge in [0.25, 0.3) is 0 Å². The van der Waals surface area contributed by atoms with E-state index in [1.54, 1.807) is 0 Å². The fourth-order valence-corrected chi connectivity index (χ4v) is 2.26. The van der Waals surface area contributed by atoms with Gasteiger partial charge in [-0.3, -0.25) is 4.90 Å². The minimum atomic E-state index is 0.233. The van der Waals surface area contributed by atoms with E-state index in [0.717, 1.165) is 32.0 Å². The summed E-state index contributed by atoms with van der Waals surface area (Å²) in [4.78, 5) is 9.13. The summed E-state index contributed by atoms with van der Waals surface area (Å²) < 4.78 is 5.28. The van der Waals surface area contributed by atoms with Gasteiger partial charge in [-0.1, -0.05) is 12.1 Å². The Bertz CT molecular complexity index is 367. The van der Waals surface area contributed by atoms with Crippen molar-refractivity contribution in [2.45, 2.75) is 25.9 Å². The van der Waals surface area contributed by atoms with Gasteiger partial charge in [0.15, 0.2) is 5.82 Å². The molecule has 6 heteroatoms. The monoisotopic (exact) mass is 253 g/mol. The molecule has 0 aromatic carbocycles. The van der Waals surface area contributed by atoms with Crippen LogP contribution in [0.5, 0.6) is 0 Å². The van der Waals surface area contributed by atoms with Crippen LogP contribution in [0.1, 0.15) is 31.1 Å². The van der Waals surface area contributed by atoms with Crippen molar-refractivity contribution in [3.05, 3.63) is 11.7 Å². The van der Waals surface area contributed by atoms with E-state index >= 15 is 0 Å². The van der Waals surface area contributed by atoms with Crippen molar-refractivity contribution in [1.29, 1.82) is 0 Å². The first-order valence-corrected chi connectivity index (χ1v) is 6.62. The molecule has 2 rings (SSSR count). The zero-order valence-electron chi connectivity index (χ0n) is 11.5. The summed E-state index contributed by atoms with van der Waals surface area (Å²) in [5.74, 6) is 1.48. The third-order valence-corrected chi connectivity index (χ3v) is 3.38. The molecule has 2 heterocycles. The summed E-state index contributed by atoms with van der Waals surface area (Å²) in [6.07, 6.45) is 1.19. The predicted octanol–water partition coefficient (Wildman–Crippen LogP) is 0.488. The zero-order valence-corrected chi connectivity index (χ0v) is 11.5. The first kappa shape index (κ1) is 13.5. The quantitative estimate of drug-likeness (QED) is 0.842. The molecule has 0 radical (unpaired) electrons. The second kappa shape index (κ2) is 6.26. The standard InChI is InChI=1S/C12H23N5O/c1-4-13-8-11-14-12(15-18-11)10-9-16(2)6-5-7-17(10)3/h10,13H,4-9H2,1-3H3. The van der Waals surface area contributed by atoms with Crippen LogP contribution >= 0.6 is 0 Å². The van der Waals surface area contributed by atoms with Crippen molar-refractivity contribution in [2.24, 2.45) is 0 Å². The summed E-state index contributed by atoms with van der Waals surface area (Å²) >= 11 is 0. The lowest BCUT2D eigenvalue weighted by molar-refractivity contribution is 0.214. The van der Waals surface area contributed by atoms with Crippen molar-refractivity contribution in [1.82, 2.24) is 25.3 Å². The van der Waals surface area contributed by atoms with Gasteiger partial charge >= 0.3 is 0 Å². The Balaban J connectivity index is 2.05. The van der Waals surface area contributed by atoms with Crippen LogP contribution in [0.2, 0.25) is 0 Å². The molecular weight excluding hydrogens is 230 g/mol. The number of likely N-dealkylation sites (N-methyl/N-ethyl adjacent to an activating group) is 2. The molecule has 0 bridgehead atoms. The fourth-order valence-electron chi connectivity index (χ4n) is 2.26. The van der Waals surface area contributed by atoms with Crippen LogP contribution < -0.4 is 5.32 Å². The van der Waals surface area contributed by atoms with E-state index in [9.17, 15) is 0 Å². The van der Waals surface area contributed by atoms with Gasteiger partial charge in [-0.15, -0.1) is 0 Å². The molecule has 1 aromatic rings. The first-order chi connectivity index (χ1) is 8.70. The highest BCUT2D eigenvalue weighted by Gasteiger charge is 2.26. The molecule has 1 aliphatic heterocycles. The molecule has 18 heavy (non-hydrogen) atoms. The maximum absolute atomic E-state index is 5.28. The Hall–Kier alpha value is -0.980. The molecule has 0 saturated carbocycles. The molecule has 0 spiro atoms. The number of hydrogen-bond acceptors (Lipinski definition) is 6. The second-order valence-corrected chi connectivity index (χ2v) is 4.94. The van der Waals surface area contributed by atoms with Crippen LogP contribution in [0, 0.1) is 0 Å². The number of hydrogen-bond donors (Lipinski definition) is 1. The molecule has 1 N–H and O–H groups in total. The Morgan fingerprint density at radius 3 is 3.00 bits per heavy atom. The number of nitrogens with zero attached hydrogens (tertiary/aromatic N) is 4. The van der Waals surface area contributed by atoms with Crippen molar-refractivity contribution in [3.8, 4) is 0 Å². The molecular formula is C12H23N5O. The highest BCUT2D eigenvalue weighted by atomic mass is 16.5. The van der Waals surface area contributed by atoms with E-state index in [2.05, 4.69) is 46.3 Å². The van der Waals surface area contributed by atoms with Gasteiger partial charge in [0.2, 0.25) is 5.89 Å². The molecule has 6 nitrogen and oxygen atoms in total. The minimum Gasteiger partial charge on any atom is -0.338 e. The summed E-state index contributed by atoms with van der Waals surface area (Å²) in [5.41, 5.74) is 0. The Morgan fingerprint density at radius 1 is 1.39 bits per heavy atom. The van der Waals surface area contributed by atoms with E-state index < -0.39 is 0 Å². The van der Waals surface area contributed by atoms with Gasteiger partial charge in [-0.2, -0.15) is 4.98 Å². The lowest BCUT2D eigenvalue weighted by atomic mass is 10.2. The van der Waals surface area contributed by atoms with Gasteiger partial charge in [-0.25, -0.2) is 0 Å². The second-order valence-electron chi connectivity index (χ2n) is 4.94. The van der Waals surface area contributed by atoms with E-state index in [1.807, 2.05) is 0 Å². The molecule has 0 aliphatic carbocycles. The Morgan fingerprint density at radius 2 is 2.22 bits per heavy atom. The average molecular weight is 253 g/mol. The van der Waals surface area contributed by atoms with Crippen LogP contribution in [-0.2, 0) is 6.54 Å². The third kappa shape index (κ3) is 3.28. The molecule has 0 amide bonds. The molecule has 1 atom stereocenters. The maximum Gasteiger partial charge on any atom is 0.240 e. The fraction of sp³-hybridized carbons (Fsp3) is 0.833. The topological polar surface area (TPSA) is 57.4 Å². The summed E-state index contributed by atoms with van der Waals surface area (Å²) in [6, 6.07) is 0.233. The number of rotatable bonds is 4. The van der Waals surface area contributed by atoms with Gasteiger partial charge in [0, 0.05) is 6.54 Å². The smallest absolute Gasteiger partial charge is 0.240 e. The van der Waals surface area contributed by atoms with E-state index in [1.165, 1.54) is 6.42 Å². The highest BCUT2D eigenvalue weighted by Crippen LogP contribution is 2.20. The maximum atomic E-state index is 5.28. The summed E-state index contributed by atoms with van der Waals surface area (Å²) in [5, 5.41) is 7.32. The summed E-state index contributed by atoms with van der Waals surface area (Å²) in [7, 11) is 4.27. The largest absolute Gasteiger partial charge is 0.338 e. The minimum absolute atomic E-state index is 0.233. The van der Waals surface area contributed by atoms with Crippen molar-refractivity contribution in [3.63, 3.8) is 0 Å². The van der Waals surface area contributed by atoms with Crippen molar-refractivity contribution < 1.29 is 4.52 Å². The Labute approximate surface area is 108 Å². The molecule has 102 valence electrons. The van der Waals surface area contributed by atoms with Crippen LogP contribution in [0.15, 0.2) is 4.52 Å². The Kier molecular flexibility index (Phi) is 4.68.